The van der Waals surface area contributed by atoms with E-state index >= 15 is 0 Å². The van der Waals surface area contributed by atoms with Crippen LogP contribution >= 0.6 is 0 Å². The normalized spacial score (nSPS) is 13.7. The van der Waals surface area contributed by atoms with Crippen LogP contribution in [0.4, 0.5) is 11.4 Å². The monoisotopic (exact) mass is 984 g/mol. The number of ketones is 1. The number of fused-ring (bicyclic) bond motifs is 1. The van der Waals surface area contributed by atoms with Crippen molar-refractivity contribution in [2.45, 2.75) is 92.1 Å². The fourth-order valence-electron chi connectivity index (χ4n) is 8.41. The largest absolute Gasteiger partial charge is 0.494 e. The zero-order valence-electron chi connectivity index (χ0n) is 42.6. The van der Waals surface area contributed by atoms with Crippen molar-refractivity contribution < 1.29 is 41.7 Å². The molecule has 1 fully saturated rings. The molecule has 15 heteroatoms. The maximum atomic E-state index is 13.7. The van der Waals surface area contributed by atoms with Crippen LogP contribution in [0, 0.1) is 13.8 Å². The lowest BCUT2D eigenvalue weighted by atomic mass is 9.98. The Bertz CT molecular complexity index is 2480. The van der Waals surface area contributed by atoms with E-state index in [0.29, 0.717) is 71.2 Å². The molecule has 1 aliphatic rings. The first kappa shape index (κ1) is 55.5. The number of benzene rings is 4. The number of methoxy groups -OCH3 is 1. The van der Waals surface area contributed by atoms with Crippen molar-refractivity contribution in [2.75, 3.05) is 95.5 Å². The molecule has 14 nitrogen and oxygen atoms in total. The molecule has 382 valence electrons. The molecule has 2 heterocycles. The number of aliphatic hydroxyl groups is 1. The molecule has 1 saturated heterocycles. The molecular weight excluding hydrogens is 907 g/mol. The molecule has 0 aliphatic carbocycles. The average molecular weight is 984 g/mol. The summed E-state index contributed by atoms with van der Waals surface area (Å²) < 4.78 is 49.0. The van der Waals surface area contributed by atoms with Gasteiger partial charge in [-0.1, -0.05) is 70.4 Å². The number of rotatable bonds is 27. The molecule has 1 amide bonds. The summed E-state index contributed by atoms with van der Waals surface area (Å²) >= 11 is 0. The predicted octanol–water partition coefficient (Wildman–Crippen LogP) is 9.36. The van der Waals surface area contributed by atoms with Crippen molar-refractivity contribution in [1.29, 1.82) is 0 Å². The number of hydrogen-bond donors (Lipinski definition) is 3. The van der Waals surface area contributed by atoms with Crippen LogP contribution in [0.25, 0.3) is 11.0 Å². The zero-order chi connectivity index (χ0) is 50.5. The summed E-state index contributed by atoms with van der Waals surface area (Å²) in [6, 6.07) is 25.7. The Morgan fingerprint density at radius 3 is 2.04 bits per heavy atom. The van der Waals surface area contributed by atoms with E-state index in [2.05, 4.69) is 45.5 Å². The number of unbranched alkanes of at least 4 members (excludes halogenated alkanes) is 3. The lowest BCUT2D eigenvalue weighted by Crippen LogP contribution is -2.50. The lowest BCUT2D eigenvalue weighted by molar-refractivity contribution is -0.117. The Morgan fingerprint density at radius 2 is 1.41 bits per heavy atom. The Hall–Kier alpha value is -5.45. The van der Waals surface area contributed by atoms with Gasteiger partial charge in [-0.3, -0.25) is 24.1 Å². The number of nitrogens with zero attached hydrogens (tertiary/aromatic N) is 3. The van der Waals surface area contributed by atoms with Crippen molar-refractivity contribution in [3.63, 3.8) is 0 Å². The molecule has 0 saturated carbocycles. The molecule has 0 bridgehead atoms. The third-order valence-corrected chi connectivity index (χ3v) is 12.9. The summed E-state index contributed by atoms with van der Waals surface area (Å²) in [4.78, 5) is 33.0. The van der Waals surface area contributed by atoms with Crippen molar-refractivity contribution in [3.05, 3.63) is 113 Å². The van der Waals surface area contributed by atoms with Gasteiger partial charge in [-0.25, -0.2) is 8.42 Å². The summed E-state index contributed by atoms with van der Waals surface area (Å²) in [5.41, 5.74) is 5.04. The second-order valence-electron chi connectivity index (χ2n) is 18.2. The zero-order valence-corrected chi connectivity index (χ0v) is 43.4. The Labute approximate surface area is 416 Å². The number of anilines is 2. The van der Waals surface area contributed by atoms with Crippen molar-refractivity contribution in [2.24, 2.45) is 0 Å². The molecule has 3 N–H and O–H groups in total. The van der Waals surface area contributed by atoms with E-state index in [9.17, 15) is 23.1 Å². The van der Waals surface area contributed by atoms with E-state index in [4.69, 9.17) is 18.6 Å². The van der Waals surface area contributed by atoms with Gasteiger partial charge in [0, 0.05) is 68.0 Å². The minimum atomic E-state index is -3.45. The standard InChI is InChI=1S/C31H44N2O5S.C24H33N3O4/c1-5-8-12-29-30(27-23-25(32-39(4,35)36)15-18-28(27)38-29)31(34)24-13-16-26(17-14-24)37-22-11-21-33(19-9-6-2)20-10-7-3;1-18-7-6-8-19(2)24(18)25-23(29)16-27-13-11-26(12-14-27)15-20(28)17-31-22-10-5-4-9-21(22)30-3/h13-18,23,32H,5-12,19-22H2,1-4H3;4-10,20,28H,11-17H2,1-3H3,(H,25,29). The summed E-state index contributed by atoms with van der Waals surface area (Å²) in [7, 11) is -1.85. The predicted molar refractivity (Wildman–Crippen MR) is 281 cm³/mol. The lowest BCUT2D eigenvalue weighted by Gasteiger charge is -2.35. The quantitative estimate of drug-likeness (QED) is 0.0338. The van der Waals surface area contributed by atoms with Crippen LogP contribution in [0.5, 0.6) is 17.2 Å². The number of aryl methyl sites for hydroxylation is 3. The number of ether oxygens (including phenoxy) is 3. The fourth-order valence-corrected chi connectivity index (χ4v) is 8.97. The number of piperazine rings is 1. The molecule has 0 radical (unpaired) electrons. The Morgan fingerprint density at radius 1 is 0.786 bits per heavy atom. The minimum Gasteiger partial charge on any atom is -0.494 e. The van der Waals surface area contributed by atoms with Crippen LogP contribution in [0.2, 0.25) is 0 Å². The second kappa shape index (κ2) is 28.4. The van der Waals surface area contributed by atoms with Crippen LogP contribution in [-0.4, -0.2) is 132 Å². The van der Waals surface area contributed by atoms with Crippen LogP contribution in [0.15, 0.2) is 89.3 Å². The van der Waals surface area contributed by atoms with Gasteiger partial charge in [-0.2, -0.15) is 0 Å². The van der Waals surface area contributed by atoms with Gasteiger partial charge in [0.15, 0.2) is 17.3 Å². The van der Waals surface area contributed by atoms with Crippen molar-refractivity contribution in [3.8, 4) is 17.2 Å². The molecule has 1 aromatic heterocycles. The van der Waals surface area contributed by atoms with Gasteiger partial charge >= 0.3 is 0 Å². The Balaban J connectivity index is 0.000000267. The number of amides is 1. The average Bonchev–Trinajstić information content (AvgIpc) is 3.71. The SMILES string of the molecule is CCCCc1oc2ccc(NS(C)(=O)=O)cc2c1C(=O)c1ccc(OCCCN(CCCC)CCCC)cc1.COc1ccccc1OCC(O)CN1CCN(CC(=O)Nc2c(C)cccc2C)CC1. The van der Waals surface area contributed by atoms with E-state index in [1.54, 1.807) is 37.4 Å². The molecule has 0 spiro atoms. The van der Waals surface area contributed by atoms with Crippen molar-refractivity contribution in [1.82, 2.24) is 14.7 Å². The van der Waals surface area contributed by atoms with Gasteiger partial charge in [0.2, 0.25) is 15.9 Å². The number of para-hydroxylation sites is 3. The number of hydrogen-bond acceptors (Lipinski definition) is 12. The number of β-amino-alcohol motifs (C(OH)–C–C–N with tert-alkyl or cyclic N) is 1. The van der Waals surface area contributed by atoms with Gasteiger partial charge < -0.3 is 34.0 Å². The molecule has 1 aliphatic heterocycles. The first-order valence-corrected chi connectivity index (χ1v) is 26.9. The number of furan rings is 1. The highest BCUT2D eigenvalue weighted by Crippen LogP contribution is 2.32. The van der Waals surface area contributed by atoms with Crippen molar-refractivity contribution >= 4 is 44.1 Å². The third-order valence-electron chi connectivity index (χ3n) is 12.3. The van der Waals surface area contributed by atoms with Gasteiger partial charge in [-0.15, -0.1) is 0 Å². The topological polar surface area (TPSA) is 163 Å². The molecule has 1 unspecified atom stereocenters. The summed E-state index contributed by atoms with van der Waals surface area (Å²) in [6.07, 6.45) is 8.81. The maximum Gasteiger partial charge on any atom is 0.238 e. The summed E-state index contributed by atoms with van der Waals surface area (Å²) in [5, 5.41) is 14.0. The van der Waals surface area contributed by atoms with Gasteiger partial charge in [0.1, 0.15) is 29.8 Å². The van der Waals surface area contributed by atoms with Crippen LogP contribution in [0.1, 0.15) is 98.5 Å². The molecular formula is C55H77N5O9S. The molecule has 4 aromatic carbocycles. The van der Waals surface area contributed by atoms with Crippen LogP contribution in [-0.2, 0) is 21.2 Å². The molecule has 5 aromatic rings. The van der Waals surface area contributed by atoms with Gasteiger partial charge in [0.05, 0.1) is 32.1 Å². The highest BCUT2D eigenvalue weighted by Gasteiger charge is 2.24. The number of aliphatic hydroxyl groups excluding tert-OH is 1. The minimum absolute atomic E-state index is 0.0103. The Kier molecular flexibility index (Phi) is 22.5. The highest BCUT2D eigenvalue weighted by atomic mass is 32.2. The van der Waals surface area contributed by atoms with E-state index in [0.717, 1.165) is 93.9 Å². The first-order valence-electron chi connectivity index (χ1n) is 25.0. The first-order chi connectivity index (χ1) is 33.7. The fraction of sp³-hybridized carbons (Fsp3) is 0.491. The maximum absolute atomic E-state index is 13.7. The van der Waals surface area contributed by atoms with Crippen LogP contribution in [0.3, 0.4) is 0 Å². The summed E-state index contributed by atoms with van der Waals surface area (Å²) in [6.45, 7) is 18.8. The number of carbonyl (C=O) groups excluding carboxylic acids is 2. The van der Waals surface area contributed by atoms with Crippen LogP contribution < -0.4 is 24.2 Å². The van der Waals surface area contributed by atoms with E-state index in [1.165, 1.54) is 25.7 Å². The second-order valence-corrected chi connectivity index (χ2v) is 19.9. The van der Waals surface area contributed by atoms with E-state index in [1.807, 2.05) is 68.4 Å². The third kappa shape index (κ3) is 17.7. The summed E-state index contributed by atoms with van der Waals surface area (Å²) in [5.74, 6) is 2.51. The van der Waals surface area contributed by atoms with Gasteiger partial charge in [0.25, 0.3) is 0 Å². The smallest absolute Gasteiger partial charge is 0.238 e. The number of nitrogens with one attached hydrogen (secondary N) is 2. The number of sulfonamides is 1. The number of carbonyl (C=O) groups is 2. The van der Waals surface area contributed by atoms with E-state index in [-0.39, 0.29) is 18.3 Å². The van der Waals surface area contributed by atoms with Gasteiger partial charge in [-0.05, 0) is 118 Å². The molecule has 1 atom stereocenters. The van der Waals surface area contributed by atoms with E-state index < -0.39 is 16.1 Å². The molecule has 70 heavy (non-hydrogen) atoms. The molecule has 6 rings (SSSR count). The highest BCUT2D eigenvalue weighted by molar-refractivity contribution is 7.92.